The first kappa shape index (κ1) is 15.2. The average molecular weight is 314 g/mol. The molecule has 0 aromatic heterocycles. The summed E-state index contributed by atoms with van der Waals surface area (Å²) in [5.41, 5.74) is 2.23. The standard InChI is InChI=1S/C18H18O5/c1-9-16(21)15-13(20)8-14(11-4-6-12(19)7-5-11)23-18(15)10(2)17(9)22-3/h4-7,14,19,21H,8H2,1-3H3/t14-/m0/s1. The van der Waals surface area contributed by atoms with E-state index in [2.05, 4.69) is 0 Å². The molecule has 1 heterocycles. The fourth-order valence-corrected chi connectivity index (χ4v) is 3.02. The lowest BCUT2D eigenvalue weighted by Gasteiger charge is -2.29. The minimum absolute atomic E-state index is 0.0865. The van der Waals surface area contributed by atoms with Gasteiger partial charge in [-0.25, -0.2) is 0 Å². The number of carbonyl (C=O) groups excluding carboxylic acids is 1. The Kier molecular flexibility index (Phi) is 3.64. The van der Waals surface area contributed by atoms with Crippen molar-refractivity contribution in [1.82, 2.24) is 0 Å². The monoisotopic (exact) mass is 314 g/mol. The number of hydrogen-bond acceptors (Lipinski definition) is 5. The Hall–Kier alpha value is -2.69. The molecule has 0 aliphatic carbocycles. The van der Waals surface area contributed by atoms with Crippen LogP contribution in [0.3, 0.4) is 0 Å². The molecule has 2 N–H and O–H groups in total. The summed E-state index contributed by atoms with van der Waals surface area (Å²) in [4.78, 5) is 12.5. The van der Waals surface area contributed by atoms with E-state index in [1.165, 1.54) is 7.11 Å². The number of fused-ring (bicyclic) bond motifs is 1. The Balaban J connectivity index is 2.10. The van der Waals surface area contributed by atoms with Gasteiger partial charge >= 0.3 is 0 Å². The quantitative estimate of drug-likeness (QED) is 0.888. The largest absolute Gasteiger partial charge is 0.508 e. The highest BCUT2D eigenvalue weighted by molar-refractivity contribution is 6.03. The van der Waals surface area contributed by atoms with Crippen LogP contribution in [0.1, 0.15) is 39.6 Å². The predicted octanol–water partition coefficient (Wildman–Crippen LogP) is 3.43. The molecule has 0 fully saturated rings. The second-order valence-electron chi connectivity index (χ2n) is 5.66. The maximum atomic E-state index is 12.5. The van der Waals surface area contributed by atoms with Gasteiger partial charge < -0.3 is 19.7 Å². The number of ketones is 1. The van der Waals surface area contributed by atoms with Crippen molar-refractivity contribution in [2.75, 3.05) is 7.11 Å². The highest BCUT2D eigenvalue weighted by Crippen LogP contribution is 2.47. The Bertz CT molecular complexity index is 777. The molecule has 120 valence electrons. The van der Waals surface area contributed by atoms with Crippen molar-refractivity contribution in [2.45, 2.75) is 26.4 Å². The average Bonchev–Trinajstić information content (AvgIpc) is 2.53. The first-order valence-corrected chi connectivity index (χ1v) is 7.33. The SMILES string of the molecule is COc1c(C)c(O)c2c(c1C)O[C@H](c1ccc(O)cc1)CC2=O. The number of ether oxygens (including phenoxy) is 2. The molecule has 0 radical (unpaired) electrons. The molecule has 1 atom stereocenters. The molecule has 0 unspecified atom stereocenters. The number of aromatic hydroxyl groups is 2. The Labute approximate surface area is 134 Å². The van der Waals surface area contributed by atoms with Gasteiger partial charge in [-0.05, 0) is 31.5 Å². The molecule has 0 bridgehead atoms. The zero-order chi connectivity index (χ0) is 16.7. The third-order valence-corrected chi connectivity index (χ3v) is 4.22. The Morgan fingerprint density at radius 2 is 1.78 bits per heavy atom. The van der Waals surface area contributed by atoms with Crippen molar-refractivity contribution in [3.05, 3.63) is 46.5 Å². The highest BCUT2D eigenvalue weighted by Gasteiger charge is 2.34. The predicted molar refractivity (Wildman–Crippen MR) is 84.6 cm³/mol. The van der Waals surface area contributed by atoms with Gasteiger partial charge in [-0.2, -0.15) is 0 Å². The van der Waals surface area contributed by atoms with Gasteiger partial charge in [0.1, 0.15) is 34.7 Å². The van der Waals surface area contributed by atoms with Crippen LogP contribution in [0.2, 0.25) is 0 Å². The normalized spacial score (nSPS) is 16.7. The maximum Gasteiger partial charge on any atom is 0.174 e. The van der Waals surface area contributed by atoms with Gasteiger partial charge in [0.15, 0.2) is 5.78 Å². The van der Waals surface area contributed by atoms with E-state index in [4.69, 9.17) is 9.47 Å². The molecule has 1 aliphatic rings. The number of Topliss-reactive ketones (excluding diaryl/α,β-unsaturated/α-hetero) is 1. The van der Waals surface area contributed by atoms with E-state index in [-0.39, 0.29) is 29.3 Å². The van der Waals surface area contributed by atoms with Gasteiger partial charge in [0, 0.05) is 11.1 Å². The number of benzene rings is 2. The third kappa shape index (κ3) is 2.38. The molecule has 0 amide bonds. The molecule has 5 heteroatoms. The van der Waals surface area contributed by atoms with Gasteiger partial charge in [-0.3, -0.25) is 4.79 Å². The van der Waals surface area contributed by atoms with Crippen LogP contribution >= 0.6 is 0 Å². The van der Waals surface area contributed by atoms with Crippen molar-refractivity contribution in [2.24, 2.45) is 0 Å². The molecule has 23 heavy (non-hydrogen) atoms. The summed E-state index contributed by atoms with van der Waals surface area (Å²) >= 11 is 0. The topological polar surface area (TPSA) is 76.0 Å². The number of methoxy groups -OCH3 is 1. The highest BCUT2D eigenvalue weighted by atomic mass is 16.5. The van der Waals surface area contributed by atoms with Gasteiger partial charge in [-0.15, -0.1) is 0 Å². The third-order valence-electron chi connectivity index (χ3n) is 4.22. The van der Waals surface area contributed by atoms with E-state index < -0.39 is 6.10 Å². The van der Waals surface area contributed by atoms with Crippen LogP contribution in [-0.4, -0.2) is 23.1 Å². The number of hydrogen-bond donors (Lipinski definition) is 2. The summed E-state index contributed by atoms with van der Waals surface area (Å²) < 4.78 is 11.3. The van der Waals surface area contributed by atoms with Gasteiger partial charge in [-0.1, -0.05) is 12.1 Å². The molecule has 0 saturated carbocycles. The molecular weight excluding hydrogens is 296 g/mol. The second kappa shape index (κ2) is 5.50. The molecule has 3 rings (SSSR count). The fraction of sp³-hybridized carbons (Fsp3) is 0.278. The lowest BCUT2D eigenvalue weighted by molar-refractivity contribution is 0.0842. The zero-order valence-electron chi connectivity index (χ0n) is 13.2. The molecule has 2 aromatic rings. The first-order chi connectivity index (χ1) is 10.9. The van der Waals surface area contributed by atoms with Gasteiger partial charge in [0.05, 0.1) is 13.5 Å². The summed E-state index contributed by atoms with van der Waals surface area (Å²) in [6.45, 7) is 3.51. The van der Waals surface area contributed by atoms with Crippen LogP contribution < -0.4 is 9.47 Å². The molecule has 0 saturated heterocycles. The van der Waals surface area contributed by atoms with E-state index in [0.717, 1.165) is 5.56 Å². The lowest BCUT2D eigenvalue weighted by atomic mass is 9.91. The van der Waals surface area contributed by atoms with E-state index in [1.54, 1.807) is 38.1 Å². The van der Waals surface area contributed by atoms with Crippen molar-refractivity contribution >= 4 is 5.78 Å². The molecule has 5 nitrogen and oxygen atoms in total. The van der Waals surface area contributed by atoms with Crippen LogP contribution in [0.15, 0.2) is 24.3 Å². The lowest BCUT2D eigenvalue weighted by Crippen LogP contribution is -2.22. The molecule has 1 aliphatic heterocycles. The molecular formula is C18H18O5. The van der Waals surface area contributed by atoms with Crippen LogP contribution in [0.25, 0.3) is 0 Å². The molecule has 0 spiro atoms. The number of phenolic OH excluding ortho intramolecular Hbond substituents is 2. The van der Waals surface area contributed by atoms with Gasteiger partial charge in [0.2, 0.25) is 0 Å². The van der Waals surface area contributed by atoms with Gasteiger partial charge in [0.25, 0.3) is 0 Å². The van der Waals surface area contributed by atoms with Crippen molar-refractivity contribution in [3.63, 3.8) is 0 Å². The van der Waals surface area contributed by atoms with Crippen molar-refractivity contribution in [3.8, 4) is 23.0 Å². The van der Waals surface area contributed by atoms with E-state index >= 15 is 0 Å². The van der Waals surface area contributed by atoms with Crippen LogP contribution in [0.5, 0.6) is 23.0 Å². The Morgan fingerprint density at radius 1 is 1.13 bits per heavy atom. The summed E-state index contributed by atoms with van der Waals surface area (Å²) in [6.07, 6.45) is -0.322. The van der Waals surface area contributed by atoms with E-state index in [0.29, 0.717) is 22.6 Å². The zero-order valence-corrected chi connectivity index (χ0v) is 13.2. The number of rotatable bonds is 2. The number of carbonyl (C=O) groups is 1. The minimum Gasteiger partial charge on any atom is -0.508 e. The van der Waals surface area contributed by atoms with Crippen LogP contribution in [0, 0.1) is 13.8 Å². The van der Waals surface area contributed by atoms with E-state index in [1.807, 2.05) is 0 Å². The summed E-state index contributed by atoms with van der Waals surface area (Å²) in [5, 5.41) is 19.7. The maximum absolute atomic E-state index is 12.5. The first-order valence-electron chi connectivity index (χ1n) is 7.33. The second-order valence-corrected chi connectivity index (χ2v) is 5.66. The van der Waals surface area contributed by atoms with Crippen LogP contribution in [-0.2, 0) is 0 Å². The summed E-state index contributed by atoms with van der Waals surface area (Å²) in [6, 6.07) is 6.55. The van der Waals surface area contributed by atoms with Crippen molar-refractivity contribution in [1.29, 1.82) is 0 Å². The minimum atomic E-state index is -0.457. The summed E-state index contributed by atoms with van der Waals surface area (Å²) in [7, 11) is 1.52. The van der Waals surface area contributed by atoms with E-state index in [9.17, 15) is 15.0 Å². The van der Waals surface area contributed by atoms with Crippen LogP contribution in [0.4, 0.5) is 0 Å². The van der Waals surface area contributed by atoms with Crippen molar-refractivity contribution < 1.29 is 24.5 Å². The fourth-order valence-electron chi connectivity index (χ4n) is 3.02. The smallest absolute Gasteiger partial charge is 0.174 e. The summed E-state index contributed by atoms with van der Waals surface area (Å²) in [5.74, 6) is 0.773. The Morgan fingerprint density at radius 3 is 2.39 bits per heavy atom. The number of phenols is 2. The molecule has 2 aromatic carbocycles.